The molecule has 6 aromatic carbocycles. The minimum absolute atomic E-state index is 0.547. The minimum Gasteiger partial charge on any atom is -0.496 e. The molecule has 0 radical (unpaired) electrons. The van der Waals surface area contributed by atoms with Gasteiger partial charge in [-0.2, -0.15) is 0 Å². The van der Waals surface area contributed by atoms with Crippen molar-refractivity contribution in [2.24, 2.45) is 0 Å². The number of rotatable bonds is 8. The van der Waals surface area contributed by atoms with Gasteiger partial charge in [0, 0.05) is 47.4 Å². The van der Waals surface area contributed by atoms with Crippen LogP contribution in [-0.4, -0.2) is 7.11 Å². The van der Waals surface area contributed by atoms with Crippen LogP contribution in [0.3, 0.4) is 0 Å². The molecule has 0 aliphatic heterocycles. The highest BCUT2D eigenvalue weighted by Crippen LogP contribution is 2.52. The van der Waals surface area contributed by atoms with Crippen molar-refractivity contribution < 1.29 is 13.9 Å². The molecule has 6 heteroatoms. The predicted molar refractivity (Wildman–Crippen MR) is 185 cm³/mol. The zero-order valence-electron chi connectivity index (χ0n) is 23.5. The predicted octanol–water partition coefficient (Wildman–Crippen LogP) is 7.40. The highest BCUT2D eigenvalue weighted by atomic mass is 79.9. The third-order valence-corrected chi connectivity index (χ3v) is 14.5. The Morgan fingerprint density at radius 1 is 0.442 bits per heavy atom. The van der Waals surface area contributed by atoms with Gasteiger partial charge in [-0.25, -0.2) is 0 Å². The molecular weight excluding hydrogens is 634 g/mol. The molecule has 0 bridgehead atoms. The zero-order valence-corrected chi connectivity index (χ0v) is 26.9. The minimum atomic E-state index is -3.45. The van der Waals surface area contributed by atoms with E-state index in [4.69, 9.17) is 4.74 Å². The van der Waals surface area contributed by atoms with Crippen LogP contribution < -0.4 is 36.6 Å². The second kappa shape index (κ2) is 12.3. The number of methoxy groups -OCH3 is 1. The summed E-state index contributed by atoms with van der Waals surface area (Å²) in [6.07, 6.45) is 0. The van der Waals surface area contributed by atoms with Gasteiger partial charge in [-0.05, 0) is 18.2 Å². The van der Waals surface area contributed by atoms with Gasteiger partial charge < -0.3 is 13.9 Å². The molecule has 0 saturated heterocycles. The van der Waals surface area contributed by atoms with E-state index in [9.17, 15) is 0 Å². The number of hydrogen-bond acceptors (Lipinski definition) is 3. The van der Waals surface area contributed by atoms with E-state index in [2.05, 4.69) is 15.9 Å². The molecule has 0 atom stereocenters. The fourth-order valence-corrected chi connectivity index (χ4v) is 12.1. The van der Waals surface area contributed by atoms with Gasteiger partial charge in [0.15, 0.2) is 14.3 Å². The second-order valence-corrected chi connectivity index (χ2v) is 16.4. The first-order chi connectivity index (χ1) is 21.0. The molecule has 0 aromatic heterocycles. The standard InChI is InChI=1S/C37H29BrO3P2/c1-41-33-25-15-27-35(43(40,30-20-10-4-11-21-30)31-22-12-5-13-23-31)37(33)36-32(38)24-14-26-34(36)42(39,28-16-6-2-7-17-28)29-18-8-3-9-19-29/h2-27H,1H3. The van der Waals surface area contributed by atoms with E-state index in [1.807, 2.05) is 158 Å². The van der Waals surface area contributed by atoms with Crippen molar-refractivity contribution in [2.75, 3.05) is 7.11 Å². The molecule has 0 amide bonds. The topological polar surface area (TPSA) is 43.4 Å². The Labute approximate surface area is 261 Å². The van der Waals surface area contributed by atoms with Crippen molar-refractivity contribution in [2.45, 2.75) is 0 Å². The van der Waals surface area contributed by atoms with Crippen molar-refractivity contribution in [1.82, 2.24) is 0 Å². The highest BCUT2D eigenvalue weighted by molar-refractivity contribution is 9.10. The van der Waals surface area contributed by atoms with Gasteiger partial charge in [-0.15, -0.1) is 0 Å². The smallest absolute Gasteiger partial charge is 0.171 e. The number of benzene rings is 6. The van der Waals surface area contributed by atoms with E-state index < -0.39 is 14.3 Å². The SMILES string of the molecule is COc1cccc(P(=O)(c2ccccc2)c2ccccc2)c1-c1c(Br)cccc1P(=O)(c1ccccc1)c1ccccc1. The van der Waals surface area contributed by atoms with Gasteiger partial charge in [0.1, 0.15) is 5.75 Å². The van der Waals surface area contributed by atoms with Crippen LogP contribution in [-0.2, 0) is 9.13 Å². The maximum Gasteiger partial charge on any atom is 0.171 e. The number of halogens is 1. The maximum absolute atomic E-state index is 15.8. The molecule has 0 heterocycles. The highest BCUT2D eigenvalue weighted by Gasteiger charge is 2.38. The first kappa shape index (κ1) is 29.1. The van der Waals surface area contributed by atoms with Crippen molar-refractivity contribution >= 4 is 62.0 Å². The fraction of sp³-hybridized carbons (Fsp3) is 0.0270. The van der Waals surface area contributed by atoms with E-state index >= 15 is 9.13 Å². The molecule has 0 saturated carbocycles. The van der Waals surface area contributed by atoms with E-state index in [-0.39, 0.29) is 0 Å². The Morgan fingerprint density at radius 3 is 1.16 bits per heavy atom. The normalized spacial score (nSPS) is 11.7. The van der Waals surface area contributed by atoms with Gasteiger partial charge in [0.05, 0.1) is 7.11 Å². The van der Waals surface area contributed by atoms with Crippen LogP contribution >= 0.6 is 30.2 Å². The van der Waals surface area contributed by atoms with Crippen molar-refractivity contribution in [1.29, 1.82) is 0 Å². The fourth-order valence-electron chi connectivity index (χ4n) is 5.63. The van der Waals surface area contributed by atoms with Crippen LogP contribution in [0.25, 0.3) is 11.1 Å². The second-order valence-electron chi connectivity index (χ2n) is 10.0. The van der Waals surface area contributed by atoms with Gasteiger partial charge in [0.2, 0.25) is 0 Å². The molecule has 3 nitrogen and oxygen atoms in total. The third-order valence-electron chi connectivity index (χ3n) is 7.62. The Balaban J connectivity index is 1.75. The lowest BCUT2D eigenvalue weighted by molar-refractivity contribution is 0.416. The first-order valence-electron chi connectivity index (χ1n) is 13.9. The molecule has 6 aromatic rings. The number of hydrogen-bond donors (Lipinski definition) is 0. The maximum atomic E-state index is 15.8. The van der Waals surface area contributed by atoms with Gasteiger partial charge in [-0.1, -0.05) is 155 Å². The summed E-state index contributed by atoms with van der Waals surface area (Å²) in [7, 11) is -5.26. The Kier molecular flexibility index (Phi) is 8.37. The van der Waals surface area contributed by atoms with Gasteiger partial charge in [-0.3, -0.25) is 0 Å². The average Bonchev–Trinajstić information content (AvgIpc) is 3.08. The van der Waals surface area contributed by atoms with Crippen LogP contribution in [0.5, 0.6) is 5.75 Å². The summed E-state index contributed by atoms with van der Waals surface area (Å²) in [5, 5.41) is 4.09. The molecule has 0 N–H and O–H groups in total. The van der Waals surface area contributed by atoms with Crippen LogP contribution in [0, 0.1) is 0 Å². The molecule has 0 spiro atoms. The van der Waals surface area contributed by atoms with Gasteiger partial charge >= 0.3 is 0 Å². The summed E-state index contributed by atoms with van der Waals surface area (Å²) in [6, 6.07) is 49.7. The summed E-state index contributed by atoms with van der Waals surface area (Å²) < 4.78 is 38.2. The van der Waals surface area contributed by atoms with Gasteiger partial charge in [0.25, 0.3) is 0 Å². The molecule has 212 valence electrons. The van der Waals surface area contributed by atoms with Crippen LogP contribution in [0.1, 0.15) is 0 Å². The summed E-state index contributed by atoms with van der Waals surface area (Å²) >= 11 is 3.83. The Hall–Kier alpha value is -3.94. The lowest BCUT2D eigenvalue weighted by Crippen LogP contribution is -2.30. The lowest BCUT2D eigenvalue weighted by Gasteiger charge is -2.28. The zero-order chi connectivity index (χ0) is 29.9. The molecule has 6 rings (SSSR count). The summed E-state index contributed by atoms with van der Waals surface area (Å²) in [4.78, 5) is 0. The largest absolute Gasteiger partial charge is 0.496 e. The van der Waals surface area contributed by atoms with Crippen molar-refractivity contribution in [3.05, 3.63) is 162 Å². The molecule has 0 unspecified atom stereocenters. The average molecular weight is 663 g/mol. The van der Waals surface area contributed by atoms with Crippen LogP contribution in [0.2, 0.25) is 0 Å². The molecule has 0 fully saturated rings. The van der Waals surface area contributed by atoms with Crippen LogP contribution in [0.4, 0.5) is 0 Å². The summed E-state index contributed by atoms with van der Waals surface area (Å²) in [5.41, 5.74) is 1.34. The lowest BCUT2D eigenvalue weighted by atomic mass is 10.0. The monoisotopic (exact) mass is 662 g/mol. The molecule has 0 aliphatic rings. The first-order valence-corrected chi connectivity index (χ1v) is 18.1. The quantitative estimate of drug-likeness (QED) is 0.160. The van der Waals surface area contributed by atoms with Crippen molar-refractivity contribution in [3.8, 4) is 16.9 Å². The van der Waals surface area contributed by atoms with Crippen molar-refractivity contribution in [3.63, 3.8) is 0 Å². The molecular formula is C37H29BrO3P2. The molecule has 43 heavy (non-hydrogen) atoms. The third kappa shape index (κ3) is 5.15. The van der Waals surface area contributed by atoms with E-state index in [1.54, 1.807) is 7.11 Å². The number of ether oxygens (including phenoxy) is 1. The van der Waals surface area contributed by atoms with Crippen LogP contribution in [0.15, 0.2) is 162 Å². The Bertz CT molecular complexity index is 1880. The summed E-state index contributed by atoms with van der Waals surface area (Å²) in [5.74, 6) is 0.547. The summed E-state index contributed by atoms with van der Waals surface area (Å²) in [6.45, 7) is 0. The van der Waals surface area contributed by atoms with E-state index in [1.165, 1.54) is 0 Å². The molecule has 0 aliphatic carbocycles. The Morgan fingerprint density at radius 2 is 0.791 bits per heavy atom. The van der Waals surface area contributed by atoms with E-state index in [0.29, 0.717) is 48.7 Å². The van der Waals surface area contributed by atoms with E-state index in [0.717, 1.165) is 4.47 Å².